The highest BCUT2D eigenvalue weighted by Gasteiger charge is 2.14. The van der Waals surface area contributed by atoms with Crippen molar-refractivity contribution in [2.24, 2.45) is 0 Å². The maximum atomic E-state index is 12.9. The van der Waals surface area contributed by atoms with Crippen molar-refractivity contribution in [3.8, 4) is 0 Å². The number of nitrogens with zero attached hydrogens (tertiary/aromatic N) is 2. The van der Waals surface area contributed by atoms with Gasteiger partial charge in [-0.3, -0.25) is 9.69 Å². The summed E-state index contributed by atoms with van der Waals surface area (Å²) in [5.41, 5.74) is 2.84. The SMILES string of the molecule is CCN(Cc1ccc(C(=O)N(C)c2ccc3ccccc3c2)cc1)C(C)C. The predicted molar refractivity (Wildman–Crippen MR) is 114 cm³/mol. The number of carbonyl (C=O) groups is 1. The van der Waals surface area contributed by atoms with Crippen LogP contribution in [0.1, 0.15) is 36.7 Å². The summed E-state index contributed by atoms with van der Waals surface area (Å²) in [5, 5.41) is 2.32. The van der Waals surface area contributed by atoms with E-state index in [-0.39, 0.29) is 5.91 Å². The highest BCUT2D eigenvalue weighted by atomic mass is 16.2. The summed E-state index contributed by atoms with van der Waals surface area (Å²) in [7, 11) is 1.83. The van der Waals surface area contributed by atoms with Crippen molar-refractivity contribution < 1.29 is 4.79 Å². The Morgan fingerprint density at radius 2 is 1.59 bits per heavy atom. The fraction of sp³-hybridized carbons (Fsp3) is 0.292. The topological polar surface area (TPSA) is 23.6 Å². The zero-order chi connectivity index (χ0) is 19.4. The standard InChI is InChI=1S/C24H28N2O/c1-5-26(18(2)3)17-19-10-12-21(13-11-19)24(27)25(4)23-15-14-20-8-6-7-9-22(20)16-23/h6-16,18H,5,17H2,1-4H3. The number of hydrogen-bond acceptors (Lipinski definition) is 2. The summed E-state index contributed by atoms with van der Waals surface area (Å²) in [5.74, 6) is 0.00744. The molecule has 0 saturated heterocycles. The van der Waals surface area contributed by atoms with Gasteiger partial charge in [0.1, 0.15) is 0 Å². The summed E-state index contributed by atoms with van der Waals surface area (Å²) >= 11 is 0. The predicted octanol–water partition coefficient (Wildman–Crippen LogP) is 5.35. The third-order valence-corrected chi connectivity index (χ3v) is 5.15. The molecule has 140 valence electrons. The molecule has 0 atom stereocenters. The summed E-state index contributed by atoms with van der Waals surface area (Å²) < 4.78 is 0. The van der Waals surface area contributed by atoms with Gasteiger partial charge in [-0.2, -0.15) is 0 Å². The molecule has 0 radical (unpaired) electrons. The fourth-order valence-corrected chi connectivity index (χ4v) is 3.34. The molecule has 0 aliphatic rings. The number of anilines is 1. The Morgan fingerprint density at radius 1 is 0.926 bits per heavy atom. The molecule has 3 nitrogen and oxygen atoms in total. The lowest BCUT2D eigenvalue weighted by molar-refractivity contribution is 0.0993. The van der Waals surface area contributed by atoms with Gasteiger partial charge in [0.15, 0.2) is 0 Å². The molecule has 3 heteroatoms. The van der Waals surface area contributed by atoms with E-state index in [1.165, 1.54) is 10.9 Å². The second-order valence-corrected chi connectivity index (χ2v) is 7.25. The van der Waals surface area contributed by atoms with Gasteiger partial charge >= 0.3 is 0 Å². The second-order valence-electron chi connectivity index (χ2n) is 7.25. The third kappa shape index (κ3) is 4.37. The summed E-state index contributed by atoms with van der Waals surface area (Å²) in [6.45, 7) is 8.52. The van der Waals surface area contributed by atoms with Crippen LogP contribution in [0.5, 0.6) is 0 Å². The molecule has 27 heavy (non-hydrogen) atoms. The van der Waals surface area contributed by atoms with Crippen molar-refractivity contribution in [1.29, 1.82) is 0 Å². The van der Waals surface area contributed by atoms with Gasteiger partial charge in [-0.25, -0.2) is 0 Å². The van der Waals surface area contributed by atoms with E-state index in [0.29, 0.717) is 11.6 Å². The maximum Gasteiger partial charge on any atom is 0.258 e. The normalized spacial score (nSPS) is 11.3. The van der Waals surface area contributed by atoms with Crippen LogP contribution in [0, 0.1) is 0 Å². The van der Waals surface area contributed by atoms with Crippen LogP contribution in [0.4, 0.5) is 5.69 Å². The van der Waals surface area contributed by atoms with Gasteiger partial charge in [-0.1, -0.05) is 49.4 Å². The van der Waals surface area contributed by atoms with Crippen LogP contribution in [-0.4, -0.2) is 30.4 Å². The average molecular weight is 361 g/mol. The minimum atomic E-state index is 0.00744. The molecular weight excluding hydrogens is 332 g/mol. The molecule has 0 saturated carbocycles. The maximum absolute atomic E-state index is 12.9. The molecule has 1 amide bonds. The molecule has 0 aliphatic heterocycles. The lowest BCUT2D eigenvalue weighted by Crippen LogP contribution is -2.30. The van der Waals surface area contributed by atoms with Gasteiger partial charge < -0.3 is 4.90 Å². The number of amides is 1. The van der Waals surface area contributed by atoms with Gasteiger partial charge in [0.05, 0.1) is 0 Å². The van der Waals surface area contributed by atoms with E-state index in [1.807, 2.05) is 37.4 Å². The largest absolute Gasteiger partial charge is 0.311 e. The van der Waals surface area contributed by atoms with Crippen LogP contribution in [0.15, 0.2) is 66.7 Å². The van der Waals surface area contributed by atoms with E-state index in [1.54, 1.807) is 4.90 Å². The van der Waals surface area contributed by atoms with Crippen LogP contribution in [-0.2, 0) is 6.54 Å². The molecule has 0 bridgehead atoms. The highest BCUT2D eigenvalue weighted by molar-refractivity contribution is 6.06. The van der Waals surface area contributed by atoms with E-state index < -0.39 is 0 Å². The van der Waals surface area contributed by atoms with Crippen LogP contribution < -0.4 is 4.90 Å². The average Bonchev–Trinajstić information content (AvgIpc) is 2.70. The zero-order valence-corrected chi connectivity index (χ0v) is 16.6. The minimum Gasteiger partial charge on any atom is -0.311 e. The molecule has 3 rings (SSSR count). The molecule has 0 spiro atoms. The Hall–Kier alpha value is -2.65. The van der Waals surface area contributed by atoms with Crippen LogP contribution in [0.2, 0.25) is 0 Å². The van der Waals surface area contributed by atoms with E-state index in [0.717, 1.165) is 24.2 Å². The summed E-state index contributed by atoms with van der Waals surface area (Å²) in [6.07, 6.45) is 0. The molecule has 3 aromatic rings. The molecule has 3 aromatic carbocycles. The van der Waals surface area contributed by atoms with Gasteiger partial charge in [0.25, 0.3) is 5.91 Å². The van der Waals surface area contributed by atoms with Crippen LogP contribution in [0.3, 0.4) is 0 Å². The minimum absolute atomic E-state index is 0.00744. The second kappa shape index (κ2) is 8.36. The van der Waals surface area contributed by atoms with Crippen LogP contribution >= 0.6 is 0 Å². The Balaban J connectivity index is 1.76. The number of benzene rings is 3. The molecule has 0 N–H and O–H groups in total. The number of hydrogen-bond donors (Lipinski definition) is 0. The number of carbonyl (C=O) groups excluding carboxylic acids is 1. The first-order chi connectivity index (χ1) is 13.0. The van der Waals surface area contributed by atoms with Crippen molar-refractivity contribution in [1.82, 2.24) is 4.90 Å². The Kier molecular flexibility index (Phi) is 5.92. The lowest BCUT2D eigenvalue weighted by atomic mass is 10.1. The van der Waals surface area contributed by atoms with Crippen LogP contribution in [0.25, 0.3) is 10.8 Å². The molecule has 0 aliphatic carbocycles. The van der Waals surface area contributed by atoms with Crippen molar-refractivity contribution >= 4 is 22.4 Å². The van der Waals surface area contributed by atoms with Crippen molar-refractivity contribution in [3.05, 3.63) is 77.9 Å². The molecule has 0 aromatic heterocycles. The van der Waals surface area contributed by atoms with Gasteiger partial charge in [-0.05, 0) is 61.0 Å². The van der Waals surface area contributed by atoms with Gasteiger partial charge in [-0.15, -0.1) is 0 Å². The smallest absolute Gasteiger partial charge is 0.258 e. The Morgan fingerprint density at radius 3 is 2.22 bits per heavy atom. The Labute approximate surface area is 162 Å². The van der Waals surface area contributed by atoms with Crippen molar-refractivity contribution in [3.63, 3.8) is 0 Å². The Bertz CT molecular complexity index is 915. The highest BCUT2D eigenvalue weighted by Crippen LogP contribution is 2.23. The molecule has 0 heterocycles. The van der Waals surface area contributed by atoms with Gasteiger partial charge in [0, 0.05) is 30.9 Å². The first-order valence-corrected chi connectivity index (χ1v) is 9.59. The summed E-state index contributed by atoms with van der Waals surface area (Å²) in [6, 6.07) is 22.8. The van der Waals surface area contributed by atoms with E-state index in [4.69, 9.17) is 0 Å². The van der Waals surface area contributed by atoms with Gasteiger partial charge in [0.2, 0.25) is 0 Å². The monoisotopic (exact) mass is 360 g/mol. The summed E-state index contributed by atoms with van der Waals surface area (Å²) in [4.78, 5) is 17.0. The first-order valence-electron chi connectivity index (χ1n) is 9.59. The molecule has 0 unspecified atom stereocenters. The zero-order valence-electron chi connectivity index (χ0n) is 16.6. The first kappa shape index (κ1) is 19.1. The number of rotatable bonds is 6. The molecular formula is C24H28N2O. The lowest BCUT2D eigenvalue weighted by Gasteiger charge is -2.25. The third-order valence-electron chi connectivity index (χ3n) is 5.15. The van der Waals surface area contributed by atoms with E-state index in [9.17, 15) is 4.79 Å². The van der Waals surface area contributed by atoms with Crippen molar-refractivity contribution in [2.75, 3.05) is 18.5 Å². The van der Waals surface area contributed by atoms with E-state index in [2.05, 4.69) is 62.1 Å². The van der Waals surface area contributed by atoms with Crippen molar-refractivity contribution in [2.45, 2.75) is 33.4 Å². The molecule has 0 fully saturated rings. The quantitative estimate of drug-likeness (QED) is 0.592. The van der Waals surface area contributed by atoms with E-state index >= 15 is 0 Å². The number of fused-ring (bicyclic) bond motifs is 1. The fourth-order valence-electron chi connectivity index (χ4n) is 3.34.